The van der Waals surface area contributed by atoms with Gasteiger partial charge in [-0.2, -0.15) is 18.6 Å². The molecule has 0 bridgehead atoms. The van der Waals surface area contributed by atoms with E-state index in [2.05, 4.69) is 46.2 Å². The molecule has 0 saturated heterocycles. The number of benzene rings is 2. The third kappa shape index (κ3) is 9.53. The molecular weight excluding hydrogens is 1060 g/mol. The fourth-order valence-electron chi connectivity index (χ4n) is 17.4. The standard InChI is InChI=1S/C29H35FN2O6S.C28H32FN5O3.N3.Na/c1-27-13-17-15-31-32(20-7-5-19(30)6-8-20)23(17)12-18(27)4-9-21-22-10-11-29(35,25(34)16-38-39(3,36)37)28(22,2)14-24(33)26(21)27;1-26-12-16-14-32-34(19-6-4-18(29)5-7-19)22(16)11-17(26)3-8-20-21-9-10-28(37,24(36)15-31-33-30)27(21,2)13-23(35)25(20)26;1-3-2;/h5-8,12,15,21-22,24,26,33,35H,4,9-11,13-14,16H2,1-3H3;4-7,11,14,20-21,23,25,35,37H,3,8-10,12-13,15H2,1-2H3;;/q;;-1;+1/t21?,22?,24-,26?,27-,28-,29-;20?,21?,23-,25?,26-,27-,28-;;/m00../s1. The predicted octanol–water partition coefficient (Wildman–Crippen LogP) is 6.09. The van der Waals surface area contributed by atoms with Gasteiger partial charge in [0.15, 0.2) is 11.6 Å². The van der Waals surface area contributed by atoms with Gasteiger partial charge in [0.05, 0.1) is 60.2 Å². The van der Waals surface area contributed by atoms with E-state index in [9.17, 15) is 47.2 Å². The molecule has 2 aromatic heterocycles. The molecule has 0 aliphatic heterocycles. The molecule has 19 nitrogen and oxygen atoms in total. The van der Waals surface area contributed by atoms with Crippen LogP contribution in [0.4, 0.5) is 8.78 Å². The van der Waals surface area contributed by atoms with Crippen molar-refractivity contribution in [2.45, 2.75) is 128 Å². The Morgan fingerprint density at radius 2 is 1.11 bits per heavy atom. The molecular formula is C57H67F2N10NaO9S. The molecule has 0 radical (unpaired) electrons. The van der Waals surface area contributed by atoms with Crippen molar-refractivity contribution in [2.24, 2.45) is 62.3 Å². The number of aliphatic hydroxyl groups is 4. The smallest absolute Gasteiger partial charge is 0.393 e. The summed E-state index contributed by atoms with van der Waals surface area (Å²) >= 11 is 0. The number of halogens is 2. The molecule has 0 spiro atoms. The van der Waals surface area contributed by atoms with Crippen molar-refractivity contribution < 1.29 is 81.0 Å². The number of rotatable bonds is 9. The van der Waals surface area contributed by atoms with Crippen LogP contribution >= 0.6 is 0 Å². The van der Waals surface area contributed by atoms with Crippen molar-refractivity contribution in [1.29, 1.82) is 0 Å². The first-order valence-electron chi connectivity index (χ1n) is 27.1. The average Bonchev–Trinajstić information content (AvgIpc) is 3.39. The van der Waals surface area contributed by atoms with Crippen LogP contribution in [0.2, 0.25) is 0 Å². The number of nitrogens with zero attached hydrogens (tertiary/aromatic N) is 10. The van der Waals surface area contributed by atoms with E-state index in [-0.39, 0.29) is 107 Å². The molecule has 2 aromatic carbocycles. The minimum absolute atomic E-state index is 0. The number of Topliss-reactive ketones (excluding diaryl/α,β-unsaturated/α-hetero) is 2. The number of aromatic nitrogens is 4. The monoisotopic (exact) mass is 1130 g/mol. The van der Waals surface area contributed by atoms with Crippen molar-refractivity contribution in [1.82, 2.24) is 19.6 Å². The first-order valence-corrected chi connectivity index (χ1v) is 28.9. The van der Waals surface area contributed by atoms with Crippen molar-refractivity contribution in [3.63, 3.8) is 0 Å². The first-order chi connectivity index (χ1) is 37.3. The predicted molar refractivity (Wildman–Crippen MR) is 287 cm³/mol. The second kappa shape index (κ2) is 21.6. The summed E-state index contributed by atoms with van der Waals surface area (Å²) in [6.07, 6.45) is 14.9. The average molecular weight is 1130 g/mol. The maximum atomic E-state index is 13.5. The molecule has 4 N–H and O–H groups in total. The molecule has 6 fully saturated rings. The molecule has 8 aliphatic rings. The van der Waals surface area contributed by atoms with Gasteiger partial charge >= 0.3 is 29.6 Å². The quantitative estimate of drug-likeness (QED) is 0.0489. The molecule has 14 atom stereocenters. The van der Waals surface area contributed by atoms with Crippen LogP contribution in [0.3, 0.4) is 0 Å². The molecule has 8 aliphatic carbocycles. The minimum Gasteiger partial charge on any atom is -0.393 e. The third-order valence-electron chi connectivity index (χ3n) is 20.9. The Kier molecular flexibility index (Phi) is 16.1. The second-order valence-corrected chi connectivity index (χ2v) is 26.2. The summed E-state index contributed by atoms with van der Waals surface area (Å²) in [6.45, 7) is 7.21. The number of hydrogen-bond acceptors (Lipinski definition) is 12. The first kappa shape index (κ1) is 59.5. The Balaban J connectivity index is 0.000000183. The van der Waals surface area contributed by atoms with Crippen LogP contribution in [0.1, 0.15) is 114 Å². The summed E-state index contributed by atoms with van der Waals surface area (Å²) in [4.78, 5) is 30.3. The molecule has 80 heavy (non-hydrogen) atoms. The number of ketones is 2. The normalized spacial score (nSPS) is 35.8. The fourth-order valence-corrected chi connectivity index (χ4v) is 17.7. The van der Waals surface area contributed by atoms with E-state index < -0.39 is 62.5 Å². The van der Waals surface area contributed by atoms with Crippen molar-refractivity contribution in [2.75, 3.05) is 19.4 Å². The van der Waals surface area contributed by atoms with Crippen molar-refractivity contribution >= 4 is 33.8 Å². The van der Waals surface area contributed by atoms with Crippen LogP contribution in [-0.4, -0.2) is 103 Å². The zero-order chi connectivity index (χ0) is 56.8. The van der Waals surface area contributed by atoms with Crippen LogP contribution in [0.5, 0.6) is 0 Å². The second-order valence-electron chi connectivity index (χ2n) is 24.6. The Bertz CT molecular complexity index is 3360. The molecule has 0 amide bonds. The summed E-state index contributed by atoms with van der Waals surface area (Å²) in [7, 11) is -3.83. The van der Waals surface area contributed by atoms with E-state index in [0.717, 1.165) is 72.2 Å². The van der Waals surface area contributed by atoms with Gasteiger partial charge in [0.25, 0.3) is 10.1 Å². The number of azide groups is 1. The molecule has 6 unspecified atom stereocenters. The van der Waals surface area contributed by atoms with Gasteiger partial charge < -0.3 is 31.5 Å². The molecule has 420 valence electrons. The zero-order valence-corrected chi connectivity index (χ0v) is 48.7. The van der Waals surface area contributed by atoms with Crippen molar-refractivity contribution in [3.05, 3.63) is 133 Å². The summed E-state index contributed by atoms with van der Waals surface area (Å²) in [6, 6.07) is 12.6. The summed E-state index contributed by atoms with van der Waals surface area (Å²) in [5, 5.41) is 59.4. The number of carbonyl (C=O) groups excluding carboxylic acids is 2. The van der Waals surface area contributed by atoms with Gasteiger partial charge in [-0.05, 0) is 201 Å². The maximum absolute atomic E-state index is 13.5. The summed E-state index contributed by atoms with van der Waals surface area (Å²) in [5.41, 5.74) is 24.9. The Morgan fingerprint density at radius 1 is 0.713 bits per heavy atom. The summed E-state index contributed by atoms with van der Waals surface area (Å²) < 4.78 is 58.4. The van der Waals surface area contributed by atoms with E-state index in [4.69, 9.17) is 20.8 Å². The third-order valence-corrected chi connectivity index (χ3v) is 21.4. The number of aliphatic hydroxyl groups excluding tert-OH is 2. The number of hydrogen-bond donors (Lipinski definition) is 4. The van der Waals surface area contributed by atoms with Gasteiger partial charge in [-0.15, -0.1) is 0 Å². The van der Waals surface area contributed by atoms with E-state index in [0.29, 0.717) is 32.1 Å². The number of fused-ring (bicyclic) bond motifs is 12. The Labute approximate surface area is 485 Å². The Hall–Kier alpha value is -5.09. The zero-order valence-electron chi connectivity index (χ0n) is 45.9. The maximum Gasteiger partial charge on any atom is 1.00 e. The Morgan fingerprint density at radius 3 is 1.50 bits per heavy atom. The van der Waals surface area contributed by atoms with Gasteiger partial charge in [0.1, 0.15) is 29.4 Å². The van der Waals surface area contributed by atoms with Crippen LogP contribution in [0.25, 0.3) is 49.9 Å². The SMILES string of the molecule is C[C@]12Cc3cnn(-c4ccc(F)cc4)c3C=C1CCC1C2[C@@H](O)C[C@@]2(C)C1CC[C@]2(O)C(=O)CN=[N+]=[N-].C[C@]12Cc3cnn(-c4ccc(F)cc4)c3C=C1CCC1C2[C@@H](O)C[C@@]2(C)C1CC[C@]2(O)C(=O)COS(C)(=O)=O.[N-]=[N+]=[N-].[Na+]. The van der Waals surface area contributed by atoms with E-state index in [1.807, 2.05) is 35.6 Å². The van der Waals surface area contributed by atoms with Gasteiger partial charge in [-0.25, -0.2) is 18.1 Å². The molecule has 12 rings (SSSR count). The topological polar surface area (TPSA) is 302 Å². The van der Waals surface area contributed by atoms with Crippen LogP contribution in [-0.2, 0) is 36.7 Å². The van der Waals surface area contributed by atoms with Crippen LogP contribution in [0, 0.1) is 68.8 Å². The number of allylic oxidation sites excluding steroid dienone is 2. The van der Waals surface area contributed by atoms with E-state index >= 15 is 0 Å². The summed E-state index contributed by atoms with van der Waals surface area (Å²) in [5.74, 6) is -1.33. The van der Waals surface area contributed by atoms with Gasteiger partial charge in [0, 0.05) is 15.7 Å². The van der Waals surface area contributed by atoms with Gasteiger partial charge in [0.2, 0.25) is 0 Å². The molecule has 2 heterocycles. The molecule has 23 heteroatoms. The van der Waals surface area contributed by atoms with Crippen LogP contribution in [0.15, 0.2) is 77.2 Å². The largest absolute Gasteiger partial charge is 1.00 e. The molecule has 4 aromatic rings. The van der Waals surface area contributed by atoms with E-state index in [1.54, 1.807) is 24.3 Å². The molecule has 6 saturated carbocycles. The fraction of sp³-hybridized carbons (Fsp3) is 0.579. The van der Waals surface area contributed by atoms with E-state index in [1.165, 1.54) is 40.3 Å². The van der Waals surface area contributed by atoms with Crippen LogP contribution < -0.4 is 29.6 Å². The minimum atomic E-state index is -3.83. The number of carbonyl (C=O) groups is 2. The van der Waals surface area contributed by atoms with Gasteiger partial charge in [-0.1, -0.05) is 44.0 Å². The van der Waals surface area contributed by atoms with Gasteiger partial charge in [-0.3, -0.25) is 18.7 Å². The van der Waals surface area contributed by atoms with Crippen molar-refractivity contribution in [3.8, 4) is 11.4 Å².